The van der Waals surface area contributed by atoms with Gasteiger partial charge in [-0.15, -0.1) is 0 Å². The van der Waals surface area contributed by atoms with E-state index in [9.17, 15) is 4.79 Å². The zero-order valence-electron chi connectivity index (χ0n) is 12.3. The third kappa shape index (κ3) is 7.59. The number of hydrogen-bond acceptors (Lipinski definition) is 4. The average Bonchev–Trinajstić information content (AvgIpc) is 2.38. The van der Waals surface area contributed by atoms with E-state index >= 15 is 0 Å². The van der Waals surface area contributed by atoms with E-state index in [0.29, 0.717) is 25.5 Å². The quantitative estimate of drug-likeness (QED) is 0.514. The van der Waals surface area contributed by atoms with Gasteiger partial charge in [-0.2, -0.15) is 0 Å². The Hall–Kier alpha value is -1.81. The number of hydrogen-bond donors (Lipinski definition) is 0. The highest BCUT2D eigenvalue weighted by atomic mass is 16.5. The lowest BCUT2D eigenvalue weighted by Crippen LogP contribution is -2.31. The van der Waals surface area contributed by atoms with Crippen LogP contribution in [0.3, 0.4) is 0 Å². The first-order chi connectivity index (χ1) is 9.58. The molecule has 0 aliphatic rings. The molecule has 0 saturated carbocycles. The molecular weight excluding hydrogens is 254 g/mol. The summed E-state index contributed by atoms with van der Waals surface area (Å²) in [4.78, 5) is 13.0. The van der Waals surface area contributed by atoms with Crippen molar-refractivity contribution < 1.29 is 14.3 Å². The van der Waals surface area contributed by atoms with Gasteiger partial charge in [0, 0.05) is 26.6 Å². The van der Waals surface area contributed by atoms with Gasteiger partial charge in [0.1, 0.15) is 13.2 Å². The first kappa shape index (κ1) is 16.2. The summed E-state index contributed by atoms with van der Waals surface area (Å²) in [5, 5.41) is 0. The van der Waals surface area contributed by atoms with Gasteiger partial charge in [0.15, 0.2) is 0 Å². The summed E-state index contributed by atoms with van der Waals surface area (Å²) >= 11 is 0. The fraction of sp³-hybridized carbons (Fsp3) is 0.438. The molecule has 110 valence electrons. The molecule has 0 aliphatic heterocycles. The standard InChI is InChI=1S/C16H23NO3/c1-14(2)19-11-9-17(10-12-20-15(3)18)13-16-7-5-4-6-8-16/h4-8H,1,9-13H2,2-3H3. The third-order valence-corrected chi connectivity index (χ3v) is 2.72. The first-order valence-corrected chi connectivity index (χ1v) is 6.76. The highest BCUT2D eigenvalue weighted by Crippen LogP contribution is 2.04. The monoisotopic (exact) mass is 277 g/mol. The normalized spacial score (nSPS) is 10.3. The molecule has 0 radical (unpaired) electrons. The maximum absolute atomic E-state index is 10.8. The maximum Gasteiger partial charge on any atom is 0.302 e. The van der Waals surface area contributed by atoms with Crippen molar-refractivity contribution in [3.63, 3.8) is 0 Å². The fourth-order valence-corrected chi connectivity index (χ4v) is 1.78. The topological polar surface area (TPSA) is 38.8 Å². The van der Waals surface area contributed by atoms with Gasteiger partial charge in [-0.3, -0.25) is 9.69 Å². The average molecular weight is 277 g/mol. The molecule has 0 bridgehead atoms. The van der Waals surface area contributed by atoms with E-state index in [1.54, 1.807) is 0 Å². The highest BCUT2D eigenvalue weighted by molar-refractivity contribution is 5.65. The summed E-state index contributed by atoms with van der Waals surface area (Å²) < 4.78 is 10.4. The van der Waals surface area contributed by atoms with E-state index in [-0.39, 0.29) is 5.97 Å². The number of allylic oxidation sites excluding steroid dienone is 1. The third-order valence-electron chi connectivity index (χ3n) is 2.72. The Balaban J connectivity index is 2.45. The van der Waals surface area contributed by atoms with Crippen LogP contribution in [0.1, 0.15) is 19.4 Å². The second-order valence-electron chi connectivity index (χ2n) is 4.65. The second kappa shape index (κ2) is 9.15. The molecule has 1 aromatic carbocycles. The van der Waals surface area contributed by atoms with Crippen molar-refractivity contribution in [2.45, 2.75) is 20.4 Å². The zero-order valence-corrected chi connectivity index (χ0v) is 12.3. The van der Waals surface area contributed by atoms with Crippen LogP contribution in [0.5, 0.6) is 0 Å². The van der Waals surface area contributed by atoms with Crippen LogP contribution in [0.4, 0.5) is 0 Å². The summed E-state index contributed by atoms with van der Waals surface area (Å²) in [6.07, 6.45) is 0. The predicted molar refractivity (Wildman–Crippen MR) is 79.1 cm³/mol. The van der Waals surface area contributed by atoms with E-state index in [1.165, 1.54) is 12.5 Å². The number of nitrogens with zero attached hydrogens (tertiary/aromatic N) is 1. The molecule has 0 amide bonds. The van der Waals surface area contributed by atoms with E-state index in [2.05, 4.69) is 23.6 Å². The summed E-state index contributed by atoms with van der Waals surface area (Å²) in [6, 6.07) is 10.2. The Kier molecular flexibility index (Phi) is 7.43. The van der Waals surface area contributed by atoms with Gasteiger partial charge in [-0.05, 0) is 12.5 Å². The van der Waals surface area contributed by atoms with Gasteiger partial charge >= 0.3 is 5.97 Å². The second-order valence-corrected chi connectivity index (χ2v) is 4.65. The van der Waals surface area contributed by atoms with Crippen molar-refractivity contribution in [2.24, 2.45) is 0 Å². The molecule has 0 saturated heterocycles. The van der Waals surface area contributed by atoms with E-state index in [1.807, 2.05) is 25.1 Å². The number of ether oxygens (including phenoxy) is 2. The van der Waals surface area contributed by atoms with Crippen molar-refractivity contribution in [3.8, 4) is 0 Å². The lowest BCUT2D eigenvalue weighted by Gasteiger charge is -2.22. The molecule has 0 unspecified atom stereocenters. The highest BCUT2D eigenvalue weighted by Gasteiger charge is 2.07. The van der Waals surface area contributed by atoms with Crippen LogP contribution in [0.25, 0.3) is 0 Å². The molecule has 0 aliphatic carbocycles. The molecule has 1 rings (SSSR count). The van der Waals surface area contributed by atoms with Gasteiger partial charge in [-0.1, -0.05) is 36.9 Å². The molecule has 20 heavy (non-hydrogen) atoms. The smallest absolute Gasteiger partial charge is 0.302 e. The predicted octanol–water partition coefficient (Wildman–Crippen LogP) is 2.60. The molecular formula is C16H23NO3. The molecule has 0 aromatic heterocycles. The number of rotatable bonds is 9. The number of esters is 1. The lowest BCUT2D eigenvalue weighted by atomic mass is 10.2. The molecule has 0 spiro atoms. The fourth-order valence-electron chi connectivity index (χ4n) is 1.78. The molecule has 4 heteroatoms. The molecule has 0 fully saturated rings. The Morgan fingerprint density at radius 3 is 2.25 bits per heavy atom. The van der Waals surface area contributed by atoms with E-state index < -0.39 is 0 Å². The summed E-state index contributed by atoms with van der Waals surface area (Å²) in [5.74, 6) is 0.465. The van der Waals surface area contributed by atoms with Crippen LogP contribution in [0.15, 0.2) is 42.7 Å². The summed E-state index contributed by atoms with van der Waals surface area (Å²) in [6.45, 7) is 10.2. The number of carbonyl (C=O) groups excluding carboxylic acids is 1. The van der Waals surface area contributed by atoms with Crippen molar-refractivity contribution in [1.29, 1.82) is 0 Å². The number of benzene rings is 1. The molecule has 1 aromatic rings. The van der Waals surface area contributed by atoms with Gasteiger partial charge in [0.2, 0.25) is 0 Å². The van der Waals surface area contributed by atoms with Gasteiger partial charge in [-0.25, -0.2) is 0 Å². The minimum atomic E-state index is -0.247. The molecule has 4 nitrogen and oxygen atoms in total. The SMILES string of the molecule is C=C(C)OCCN(CCOC(C)=O)Cc1ccccc1. The minimum Gasteiger partial charge on any atom is -0.498 e. The number of carbonyl (C=O) groups is 1. The lowest BCUT2D eigenvalue weighted by molar-refractivity contribution is -0.141. The van der Waals surface area contributed by atoms with Crippen LogP contribution >= 0.6 is 0 Å². The van der Waals surface area contributed by atoms with Gasteiger partial charge in [0.05, 0.1) is 5.76 Å². The van der Waals surface area contributed by atoms with Gasteiger partial charge in [0.25, 0.3) is 0 Å². The molecule has 0 heterocycles. The van der Waals surface area contributed by atoms with E-state index in [0.717, 1.165) is 13.1 Å². The van der Waals surface area contributed by atoms with Crippen LogP contribution in [0.2, 0.25) is 0 Å². The Morgan fingerprint density at radius 2 is 1.70 bits per heavy atom. The van der Waals surface area contributed by atoms with Crippen LogP contribution in [-0.2, 0) is 20.8 Å². The van der Waals surface area contributed by atoms with E-state index in [4.69, 9.17) is 9.47 Å². The molecule has 0 N–H and O–H groups in total. The first-order valence-electron chi connectivity index (χ1n) is 6.76. The van der Waals surface area contributed by atoms with Crippen molar-refractivity contribution in [2.75, 3.05) is 26.3 Å². The van der Waals surface area contributed by atoms with Crippen LogP contribution in [0, 0.1) is 0 Å². The Morgan fingerprint density at radius 1 is 1.10 bits per heavy atom. The maximum atomic E-state index is 10.8. The molecule has 0 atom stereocenters. The Bertz CT molecular complexity index is 397. The van der Waals surface area contributed by atoms with Gasteiger partial charge < -0.3 is 9.47 Å². The van der Waals surface area contributed by atoms with Crippen LogP contribution in [-0.4, -0.2) is 37.2 Å². The largest absolute Gasteiger partial charge is 0.498 e. The summed E-state index contributed by atoms with van der Waals surface area (Å²) in [5.41, 5.74) is 1.23. The minimum absolute atomic E-state index is 0.247. The van der Waals surface area contributed by atoms with Crippen molar-refractivity contribution in [3.05, 3.63) is 48.2 Å². The van der Waals surface area contributed by atoms with Crippen molar-refractivity contribution in [1.82, 2.24) is 4.90 Å². The zero-order chi connectivity index (χ0) is 14.8. The Labute approximate surface area is 121 Å². The summed E-state index contributed by atoms with van der Waals surface area (Å²) in [7, 11) is 0. The van der Waals surface area contributed by atoms with Crippen molar-refractivity contribution >= 4 is 5.97 Å². The van der Waals surface area contributed by atoms with Crippen LogP contribution < -0.4 is 0 Å².